The maximum Gasteiger partial charge on any atom is 0.274 e. The van der Waals surface area contributed by atoms with E-state index in [4.69, 9.17) is 4.74 Å². The summed E-state index contributed by atoms with van der Waals surface area (Å²) in [4.78, 5) is 25.6. The SMILES string of the molecule is COc1cc(C(=O)Nc2ccc(-c3cn4ccsc4n3)cc2)ncn1. The second kappa shape index (κ2) is 6.33. The number of imidazole rings is 1. The van der Waals surface area contributed by atoms with Gasteiger partial charge in [0, 0.05) is 35.1 Å². The smallest absolute Gasteiger partial charge is 0.274 e. The molecule has 0 aliphatic heterocycles. The van der Waals surface area contributed by atoms with Crippen LogP contribution < -0.4 is 10.1 Å². The number of hydrogen-bond donors (Lipinski definition) is 1. The van der Waals surface area contributed by atoms with Crippen molar-refractivity contribution >= 4 is 27.9 Å². The molecule has 0 radical (unpaired) electrons. The Morgan fingerprint density at radius 2 is 2.08 bits per heavy atom. The van der Waals surface area contributed by atoms with Gasteiger partial charge in [0.05, 0.1) is 12.8 Å². The Bertz CT molecular complexity index is 1010. The van der Waals surface area contributed by atoms with E-state index in [1.165, 1.54) is 19.5 Å². The number of aromatic nitrogens is 4. The molecule has 0 spiro atoms. The summed E-state index contributed by atoms with van der Waals surface area (Å²) in [6.07, 6.45) is 5.24. The van der Waals surface area contributed by atoms with E-state index < -0.39 is 0 Å². The maximum absolute atomic E-state index is 12.2. The molecule has 3 aromatic heterocycles. The van der Waals surface area contributed by atoms with Crippen molar-refractivity contribution in [3.05, 3.63) is 60.1 Å². The zero-order valence-corrected chi connectivity index (χ0v) is 14.0. The van der Waals surface area contributed by atoms with Crippen LogP contribution in [0.2, 0.25) is 0 Å². The van der Waals surface area contributed by atoms with Crippen LogP contribution in [-0.2, 0) is 0 Å². The van der Waals surface area contributed by atoms with Crippen molar-refractivity contribution in [3.63, 3.8) is 0 Å². The van der Waals surface area contributed by atoms with E-state index in [9.17, 15) is 4.79 Å². The Morgan fingerprint density at radius 3 is 2.84 bits per heavy atom. The number of nitrogens with zero attached hydrogens (tertiary/aromatic N) is 4. The lowest BCUT2D eigenvalue weighted by molar-refractivity contribution is 0.102. The molecule has 0 saturated carbocycles. The molecule has 1 amide bonds. The number of fused-ring (bicyclic) bond motifs is 1. The Balaban J connectivity index is 1.51. The number of carbonyl (C=O) groups excluding carboxylic acids is 1. The number of carbonyl (C=O) groups is 1. The van der Waals surface area contributed by atoms with E-state index in [-0.39, 0.29) is 11.6 Å². The Labute approximate surface area is 147 Å². The first-order chi connectivity index (χ1) is 12.2. The van der Waals surface area contributed by atoms with Crippen molar-refractivity contribution in [2.75, 3.05) is 12.4 Å². The minimum Gasteiger partial charge on any atom is -0.481 e. The van der Waals surface area contributed by atoms with Gasteiger partial charge in [-0.15, -0.1) is 11.3 Å². The third kappa shape index (κ3) is 3.07. The van der Waals surface area contributed by atoms with Gasteiger partial charge in [-0.05, 0) is 12.1 Å². The van der Waals surface area contributed by atoms with Crippen molar-refractivity contribution in [1.82, 2.24) is 19.4 Å². The van der Waals surface area contributed by atoms with Crippen LogP contribution in [-0.4, -0.2) is 32.4 Å². The second-order valence-electron chi connectivity index (χ2n) is 5.20. The van der Waals surface area contributed by atoms with Gasteiger partial charge >= 0.3 is 0 Å². The number of anilines is 1. The van der Waals surface area contributed by atoms with Crippen molar-refractivity contribution in [3.8, 4) is 17.1 Å². The Hall–Kier alpha value is -3.26. The van der Waals surface area contributed by atoms with E-state index in [1.807, 2.05) is 46.4 Å². The number of benzene rings is 1. The molecule has 0 bridgehead atoms. The van der Waals surface area contributed by atoms with E-state index in [2.05, 4.69) is 20.3 Å². The van der Waals surface area contributed by atoms with Gasteiger partial charge in [-0.25, -0.2) is 15.0 Å². The standard InChI is InChI=1S/C17H13N5O2S/c1-24-15-8-13(18-10-19-15)16(23)20-12-4-2-11(3-5-12)14-9-22-6-7-25-17(22)21-14/h2-10H,1H3,(H,20,23). The highest BCUT2D eigenvalue weighted by Gasteiger charge is 2.10. The molecule has 4 aromatic rings. The van der Waals surface area contributed by atoms with Crippen LogP contribution >= 0.6 is 11.3 Å². The molecule has 7 nitrogen and oxygen atoms in total. The molecule has 124 valence electrons. The molecule has 8 heteroatoms. The van der Waals surface area contributed by atoms with Gasteiger partial charge < -0.3 is 10.1 Å². The highest BCUT2D eigenvalue weighted by molar-refractivity contribution is 7.15. The summed E-state index contributed by atoms with van der Waals surface area (Å²) in [6.45, 7) is 0. The molecule has 25 heavy (non-hydrogen) atoms. The fourth-order valence-corrected chi connectivity index (χ4v) is 3.06. The highest BCUT2D eigenvalue weighted by Crippen LogP contribution is 2.23. The molecule has 0 fully saturated rings. The Kier molecular flexibility index (Phi) is 3.87. The summed E-state index contributed by atoms with van der Waals surface area (Å²) in [5.41, 5.74) is 2.79. The molecular formula is C17H13N5O2S. The lowest BCUT2D eigenvalue weighted by Gasteiger charge is -2.06. The first-order valence-corrected chi connectivity index (χ1v) is 8.31. The van der Waals surface area contributed by atoms with E-state index >= 15 is 0 Å². The molecule has 0 unspecified atom stereocenters. The highest BCUT2D eigenvalue weighted by atomic mass is 32.1. The monoisotopic (exact) mass is 351 g/mol. The number of rotatable bonds is 4. The summed E-state index contributed by atoms with van der Waals surface area (Å²) in [7, 11) is 1.49. The minimum atomic E-state index is -0.323. The molecule has 1 N–H and O–H groups in total. The largest absolute Gasteiger partial charge is 0.481 e. The molecule has 0 aliphatic rings. The number of nitrogens with one attached hydrogen (secondary N) is 1. The molecule has 4 rings (SSSR count). The van der Waals surface area contributed by atoms with Crippen LogP contribution in [0.1, 0.15) is 10.5 Å². The number of hydrogen-bond acceptors (Lipinski definition) is 6. The summed E-state index contributed by atoms with van der Waals surface area (Å²) in [5.74, 6) is 0.0196. The first kappa shape index (κ1) is 15.3. The van der Waals surface area contributed by atoms with Gasteiger partial charge in [0.25, 0.3) is 5.91 Å². The lowest BCUT2D eigenvalue weighted by Crippen LogP contribution is -2.14. The number of thiazole rings is 1. The van der Waals surface area contributed by atoms with Crippen LogP contribution in [0.4, 0.5) is 5.69 Å². The third-order valence-electron chi connectivity index (χ3n) is 3.62. The molecule has 1 aromatic carbocycles. The van der Waals surface area contributed by atoms with E-state index in [0.29, 0.717) is 11.6 Å². The molecule has 0 atom stereocenters. The average molecular weight is 351 g/mol. The maximum atomic E-state index is 12.2. The molecule has 3 heterocycles. The van der Waals surface area contributed by atoms with E-state index in [1.54, 1.807) is 11.3 Å². The third-order valence-corrected chi connectivity index (χ3v) is 4.39. The second-order valence-corrected chi connectivity index (χ2v) is 6.07. The van der Waals surface area contributed by atoms with Crippen LogP contribution in [0.3, 0.4) is 0 Å². The fraction of sp³-hybridized carbons (Fsp3) is 0.0588. The van der Waals surface area contributed by atoms with Crippen LogP contribution in [0.25, 0.3) is 16.2 Å². The predicted molar refractivity (Wildman–Crippen MR) is 95.0 cm³/mol. The van der Waals surface area contributed by atoms with Crippen LogP contribution in [0, 0.1) is 0 Å². The van der Waals surface area contributed by atoms with Gasteiger partial charge in [0.2, 0.25) is 5.88 Å². The predicted octanol–water partition coefficient (Wildman–Crippen LogP) is 3.11. The molecular weight excluding hydrogens is 338 g/mol. The quantitative estimate of drug-likeness (QED) is 0.611. The number of amides is 1. The van der Waals surface area contributed by atoms with Crippen LogP contribution in [0.5, 0.6) is 5.88 Å². The molecule has 0 aliphatic carbocycles. The van der Waals surface area contributed by atoms with Crippen molar-refractivity contribution in [1.29, 1.82) is 0 Å². The number of methoxy groups -OCH3 is 1. The van der Waals surface area contributed by atoms with Gasteiger partial charge in [-0.3, -0.25) is 9.20 Å². The van der Waals surface area contributed by atoms with Crippen molar-refractivity contribution in [2.24, 2.45) is 0 Å². The summed E-state index contributed by atoms with van der Waals surface area (Å²) in [5, 5.41) is 4.79. The van der Waals surface area contributed by atoms with Gasteiger partial charge in [-0.2, -0.15) is 0 Å². The van der Waals surface area contributed by atoms with Crippen LogP contribution in [0.15, 0.2) is 54.4 Å². The minimum absolute atomic E-state index is 0.241. The van der Waals surface area contributed by atoms with Gasteiger partial charge in [0.1, 0.15) is 12.0 Å². The summed E-state index contributed by atoms with van der Waals surface area (Å²) < 4.78 is 6.98. The lowest BCUT2D eigenvalue weighted by atomic mass is 10.1. The summed E-state index contributed by atoms with van der Waals surface area (Å²) >= 11 is 1.59. The topological polar surface area (TPSA) is 81.4 Å². The zero-order chi connectivity index (χ0) is 17.2. The zero-order valence-electron chi connectivity index (χ0n) is 13.2. The normalized spacial score (nSPS) is 10.8. The number of ether oxygens (including phenoxy) is 1. The average Bonchev–Trinajstić information content (AvgIpc) is 3.24. The van der Waals surface area contributed by atoms with E-state index in [0.717, 1.165) is 16.2 Å². The molecule has 0 saturated heterocycles. The van der Waals surface area contributed by atoms with Gasteiger partial charge in [0.15, 0.2) is 4.96 Å². The van der Waals surface area contributed by atoms with Crippen molar-refractivity contribution < 1.29 is 9.53 Å². The van der Waals surface area contributed by atoms with Gasteiger partial charge in [-0.1, -0.05) is 12.1 Å². The Morgan fingerprint density at radius 1 is 1.24 bits per heavy atom. The summed E-state index contributed by atoms with van der Waals surface area (Å²) in [6, 6.07) is 8.99. The fourth-order valence-electron chi connectivity index (χ4n) is 2.36. The first-order valence-electron chi connectivity index (χ1n) is 7.43. The van der Waals surface area contributed by atoms with Crippen molar-refractivity contribution in [2.45, 2.75) is 0 Å².